The molecule has 0 unspecified atom stereocenters. The highest BCUT2D eigenvalue weighted by atomic mass is 16.5. The van der Waals surface area contributed by atoms with Crippen molar-refractivity contribution in [3.05, 3.63) is 69.1 Å². The van der Waals surface area contributed by atoms with Crippen molar-refractivity contribution < 1.29 is 19.1 Å². The molecule has 0 atom stereocenters. The number of para-hydroxylation sites is 1. The molecule has 3 aromatic rings. The Balaban J connectivity index is 1.64. The zero-order valence-electron chi connectivity index (χ0n) is 16.9. The third-order valence-corrected chi connectivity index (χ3v) is 5.19. The number of carbonyl (C=O) groups is 1. The van der Waals surface area contributed by atoms with E-state index in [0.717, 1.165) is 22.3 Å². The van der Waals surface area contributed by atoms with E-state index in [4.69, 9.17) is 9.15 Å². The van der Waals surface area contributed by atoms with Crippen LogP contribution in [0.2, 0.25) is 0 Å². The lowest BCUT2D eigenvalue weighted by Gasteiger charge is -2.11. The van der Waals surface area contributed by atoms with E-state index in [1.54, 1.807) is 26.2 Å². The van der Waals surface area contributed by atoms with E-state index in [1.807, 2.05) is 31.2 Å². The summed E-state index contributed by atoms with van der Waals surface area (Å²) < 4.78 is 10.7. The third-order valence-electron chi connectivity index (χ3n) is 5.19. The number of benzene rings is 2. The molecule has 2 aromatic carbocycles. The molecule has 1 heterocycles. The van der Waals surface area contributed by atoms with E-state index < -0.39 is 5.63 Å². The SMILES string of the molecule is COc1ccccc1CCNC(=O)CCc1c(C)c2ccc(O)c(C)c2oc1=O. The van der Waals surface area contributed by atoms with Gasteiger partial charge in [-0.2, -0.15) is 0 Å². The van der Waals surface area contributed by atoms with Crippen LogP contribution in [-0.2, 0) is 17.6 Å². The maximum atomic E-state index is 12.4. The molecular weight excluding hydrogens is 370 g/mol. The van der Waals surface area contributed by atoms with Crippen LogP contribution >= 0.6 is 0 Å². The van der Waals surface area contributed by atoms with Gasteiger partial charge in [0.05, 0.1) is 7.11 Å². The lowest BCUT2D eigenvalue weighted by Crippen LogP contribution is -2.26. The highest BCUT2D eigenvalue weighted by molar-refractivity contribution is 5.85. The van der Waals surface area contributed by atoms with Crippen LogP contribution in [0.3, 0.4) is 0 Å². The van der Waals surface area contributed by atoms with Gasteiger partial charge >= 0.3 is 5.63 Å². The van der Waals surface area contributed by atoms with Crippen molar-refractivity contribution in [2.75, 3.05) is 13.7 Å². The first kappa shape index (κ1) is 20.5. The maximum Gasteiger partial charge on any atom is 0.339 e. The fraction of sp³-hybridized carbons (Fsp3) is 0.304. The second-order valence-corrected chi connectivity index (χ2v) is 6.99. The fourth-order valence-electron chi connectivity index (χ4n) is 3.44. The minimum absolute atomic E-state index is 0.0854. The molecule has 0 saturated carbocycles. The zero-order chi connectivity index (χ0) is 21.0. The van der Waals surface area contributed by atoms with Crippen molar-refractivity contribution >= 4 is 16.9 Å². The first-order chi connectivity index (χ1) is 13.9. The number of aryl methyl sites for hydroxylation is 2. The van der Waals surface area contributed by atoms with Crippen LogP contribution in [0.1, 0.15) is 28.7 Å². The first-order valence-corrected chi connectivity index (χ1v) is 9.55. The standard InChI is InChI=1S/C23H25NO5/c1-14-17-8-10-19(25)15(2)22(17)29-23(27)18(14)9-11-21(26)24-13-12-16-6-4-5-7-20(16)28-3/h4-8,10,25H,9,11-13H2,1-3H3,(H,24,26). The Hall–Kier alpha value is -3.28. The average Bonchev–Trinajstić information content (AvgIpc) is 2.71. The number of hydrogen-bond acceptors (Lipinski definition) is 5. The number of phenolic OH excluding ortho intramolecular Hbond substituents is 1. The van der Waals surface area contributed by atoms with Crippen LogP contribution in [0.25, 0.3) is 11.0 Å². The van der Waals surface area contributed by atoms with E-state index in [-0.39, 0.29) is 18.1 Å². The Morgan fingerprint density at radius 1 is 1.10 bits per heavy atom. The van der Waals surface area contributed by atoms with Gasteiger partial charge in [0.15, 0.2) is 0 Å². The number of amides is 1. The van der Waals surface area contributed by atoms with Crippen molar-refractivity contribution in [2.45, 2.75) is 33.1 Å². The molecule has 29 heavy (non-hydrogen) atoms. The van der Waals surface area contributed by atoms with Crippen LogP contribution in [0.15, 0.2) is 45.6 Å². The number of rotatable bonds is 7. The molecule has 0 aliphatic rings. The molecule has 1 aromatic heterocycles. The molecule has 0 aliphatic carbocycles. The van der Waals surface area contributed by atoms with E-state index in [9.17, 15) is 14.7 Å². The molecule has 6 heteroatoms. The summed E-state index contributed by atoms with van der Waals surface area (Å²) in [6, 6.07) is 11.0. The number of phenols is 1. The molecule has 2 N–H and O–H groups in total. The van der Waals surface area contributed by atoms with Crippen molar-refractivity contribution in [3.8, 4) is 11.5 Å². The van der Waals surface area contributed by atoms with E-state index in [0.29, 0.717) is 36.1 Å². The third kappa shape index (κ3) is 4.42. The second-order valence-electron chi connectivity index (χ2n) is 6.99. The molecular formula is C23H25NO5. The lowest BCUT2D eigenvalue weighted by atomic mass is 10.0. The van der Waals surface area contributed by atoms with Gasteiger partial charge in [-0.25, -0.2) is 4.79 Å². The van der Waals surface area contributed by atoms with Crippen molar-refractivity contribution in [1.29, 1.82) is 0 Å². The van der Waals surface area contributed by atoms with Gasteiger partial charge in [-0.05, 0) is 56.0 Å². The number of methoxy groups -OCH3 is 1. The van der Waals surface area contributed by atoms with Crippen LogP contribution in [0.4, 0.5) is 0 Å². The summed E-state index contributed by atoms with van der Waals surface area (Å²) in [5, 5.41) is 13.5. The number of aromatic hydroxyl groups is 1. The largest absolute Gasteiger partial charge is 0.508 e. The number of ether oxygens (including phenoxy) is 1. The van der Waals surface area contributed by atoms with Gasteiger partial charge in [-0.3, -0.25) is 4.79 Å². The minimum atomic E-state index is -0.467. The van der Waals surface area contributed by atoms with Crippen molar-refractivity contribution in [2.24, 2.45) is 0 Å². The summed E-state index contributed by atoms with van der Waals surface area (Å²) in [7, 11) is 1.62. The molecule has 0 saturated heterocycles. The molecule has 0 radical (unpaired) electrons. The Bertz CT molecular complexity index is 1100. The Labute approximate surface area is 169 Å². The summed E-state index contributed by atoms with van der Waals surface area (Å²) >= 11 is 0. The highest BCUT2D eigenvalue weighted by Gasteiger charge is 2.15. The topological polar surface area (TPSA) is 88.8 Å². The monoisotopic (exact) mass is 395 g/mol. The predicted octanol–water partition coefficient (Wildman–Crippen LogP) is 3.42. The normalized spacial score (nSPS) is 10.9. The average molecular weight is 395 g/mol. The highest BCUT2D eigenvalue weighted by Crippen LogP contribution is 2.28. The summed E-state index contributed by atoms with van der Waals surface area (Å²) in [5.41, 5.74) is 2.75. The maximum absolute atomic E-state index is 12.4. The number of hydrogen-bond donors (Lipinski definition) is 2. The van der Waals surface area contributed by atoms with Crippen LogP contribution in [-0.4, -0.2) is 24.7 Å². The molecule has 0 spiro atoms. The predicted molar refractivity (Wildman–Crippen MR) is 112 cm³/mol. The quantitative estimate of drug-likeness (QED) is 0.599. The molecule has 6 nitrogen and oxygen atoms in total. The Morgan fingerprint density at radius 2 is 1.86 bits per heavy atom. The van der Waals surface area contributed by atoms with Gasteiger partial charge in [0.2, 0.25) is 5.91 Å². The van der Waals surface area contributed by atoms with Gasteiger partial charge in [-0.15, -0.1) is 0 Å². The minimum Gasteiger partial charge on any atom is -0.508 e. The van der Waals surface area contributed by atoms with Crippen molar-refractivity contribution in [3.63, 3.8) is 0 Å². The zero-order valence-corrected chi connectivity index (χ0v) is 16.9. The molecule has 0 bridgehead atoms. The van der Waals surface area contributed by atoms with E-state index in [1.165, 1.54) is 0 Å². The number of carbonyl (C=O) groups excluding carboxylic acids is 1. The fourth-order valence-corrected chi connectivity index (χ4v) is 3.44. The van der Waals surface area contributed by atoms with Crippen molar-refractivity contribution in [1.82, 2.24) is 5.32 Å². The van der Waals surface area contributed by atoms with Gasteiger partial charge in [0.25, 0.3) is 0 Å². The van der Waals surface area contributed by atoms with Crippen LogP contribution in [0.5, 0.6) is 11.5 Å². The van der Waals surface area contributed by atoms with Gasteiger partial charge in [-0.1, -0.05) is 18.2 Å². The summed E-state index contributed by atoms with van der Waals surface area (Å²) in [4.78, 5) is 24.6. The lowest BCUT2D eigenvalue weighted by molar-refractivity contribution is -0.121. The molecule has 152 valence electrons. The van der Waals surface area contributed by atoms with E-state index in [2.05, 4.69) is 5.32 Å². The van der Waals surface area contributed by atoms with Gasteiger partial charge < -0.3 is 19.6 Å². The van der Waals surface area contributed by atoms with Gasteiger partial charge in [0, 0.05) is 29.5 Å². The molecule has 0 aliphatic heterocycles. The van der Waals surface area contributed by atoms with Gasteiger partial charge in [0.1, 0.15) is 17.1 Å². The summed E-state index contributed by atoms with van der Waals surface area (Å²) in [6.45, 7) is 4.03. The number of nitrogens with one attached hydrogen (secondary N) is 1. The molecule has 3 rings (SSSR count). The molecule has 0 fully saturated rings. The first-order valence-electron chi connectivity index (χ1n) is 9.55. The smallest absolute Gasteiger partial charge is 0.339 e. The van der Waals surface area contributed by atoms with E-state index >= 15 is 0 Å². The number of fused-ring (bicyclic) bond motifs is 1. The van der Waals surface area contributed by atoms with Crippen LogP contribution in [0, 0.1) is 13.8 Å². The molecule has 1 amide bonds. The Kier molecular flexibility index (Phi) is 6.22. The Morgan fingerprint density at radius 3 is 2.62 bits per heavy atom. The van der Waals surface area contributed by atoms with Crippen LogP contribution < -0.4 is 15.7 Å². The summed E-state index contributed by atoms with van der Waals surface area (Å²) in [5.74, 6) is 0.760. The summed E-state index contributed by atoms with van der Waals surface area (Å²) in [6.07, 6.45) is 1.15. The second kappa shape index (κ2) is 8.82.